The number of non-ortho nitro benzene ring substituents is 1. The van der Waals surface area contributed by atoms with Crippen molar-refractivity contribution >= 4 is 34.8 Å². The molecule has 0 spiro atoms. The van der Waals surface area contributed by atoms with E-state index in [4.69, 9.17) is 11.6 Å². The zero-order valence-electron chi connectivity index (χ0n) is 15.5. The van der Waals surface area contributed by atoms with E-state index in [9.17, 15) is 19.7 Å². The molecule has 29 heavy (non-hydrogen) atoms. The Morgan fingerprint density at radius 2 is 1.83 bits per heavy atom. The first-order valence-electron chi connectivity index (χ1n) is 8.39. The summed E-state index contributed by atoms with van der Waals surface area (Å²) in [6, 6.07) is 11.9. The number of nitrogens with zero attached hydrogens (tertiary/aromatic N) is 4. The van der Waals surface area contributed by atoms with Gasteiger partial charge in [0.15, 0.2) is 5.69 Å². The van der Waals surface area contributed by atoms with Gasteiger partial charge in [-0.25, -0.2) is 4.68 Å². The molecule has 0 aliphatic carbocycles. The Hall–Kier alpha value is -3.72. The second kappa shape index (κ2) is 8.11. The molecular weight excluding hydrogens is 398 g/mol. The van der Waals surface area contributed by atoms with Gasteiger partial charge >= 0.3 is 0 Å². The van der Waals surface area contributed by atoms with Crippen LogP contribution >= 0.6 is 11.6 Å². The van der Waals surface area contributed by atoms with Crippen LogP contribution in [0.2, 0.25) is 5.02 Å². The van der Waals surface area contributed by atoms with Crippen LogP contribution in [0.25, 0.3) is 5.69 Å². The molecule has 148 valence electrons. The number of nitro groups is 1. The molecule has 10 heteroatoms. The summed E-state index contributed by atoms with van der Waals surface area (Å²) in [4.78, 5) is 36.3. The van der Waals surface area contributed by atoms with Gasteiger partial charge < -0.3 is 10.2 Å². The van der Waals surface area contributed by atoms with Crippen LogP contribution in [0.5, 0.6) is 0 Å². The highest BCUT2D eigenvalue weighted by Gasteiger charge is 2.15. The monoisotopic (exact) mass is 413 g/mol. The van der Waals surface area contributed by atoms with Gasteiger partial charge in [-0.15, -0.1) is 0 Å². The van der Waals surface area contributed by atoms with E-state index in [0.29, 0.717) is 11.3 Å². The Bertz CT molecular complexity index is 1090. The molecule has 0 bridgehead atoms. The van der Waals surface area contributed by atoms with Crippen LogP contribution in [-0.2, 0) is 0 Å². The van der Waals surface area contributed by atoms with Crippen LogP contribution in [0, 0.1) is 10.1 Å². The zero-order valence-corrected chi connectivity index (χ0v) is 16.3. The molecule has 0 saturated carbocycles. The number of nitrogens with one attached hydrogen (secondary N) is 1. The second-order valence-electron chi connectivity index (χ2n) is 6.27. The average molecular weight is 414 g/mol. The summed E-state index contributed by atoms with van der Waals surface area (Å²) in [6.07, 6.45) is 1.56. The Kier molecular flexibility index (Phi) is 5.60. The Morgan fingerprint density at radius 1 is 1.14 bits per heavy atom. The molecule has 0 fully saturated rings. The van der Waals surface area contributed by atoms with E-state index in [2.05, 4.69) is 10.4 Å². The number of hydrogen-bond donors (Lipinski definition) is 1. The Labute approximate surface area is 170 Å². The third-order valence-electron chi connectivity index (χ3n) is 4.01. The minimum atomic E-state index is -0.512. The smallest absolute Gasteiger partial charge is 0.276 e. The van der Waals surface area contributed by atoms with Crippen molar-refractivity contribution in [2.45, 2.75) is 0 Å². The number of rotatable bonds is 5. The molecule has 1 aromatic heterocycles. The molecule has 2 amide bonds. The van der Waals surface area contributed by atoms with Crippen molar-refractivity contribution < 1.29 is 14.5 Å². The number of anilines is 1. The molecule has 2 aromatic carbocycles. The van der Waals surface area contributed by atoms with Crippen molar-refractivity contribution in [2.24, 2.45) is 0 Å². The summed E-state index contributed by atoms with van der Waals surface area (Å²) in [5.41, 5.74) is 1.30. The van der Waals surface area contributed by atoms with Crippen molar-refractivity contribution in [1.82, 2.24) is 14.7 Å². The summed E-state index contributed by atoms with van der Waals surface area (Å²) >= 11 is 6.13. The second-order valence-corrected chi connectivity index (χ2v) is 6.67. The molecule has 1 N–H and O–H groups in total. The molecule has 0 atom stereocenters. The quantitative estimate of drug-likeness (QED) is 0.509. The molecule has 0 aliphatic rings. The van der Waals surface area contributed by atoms with Crippen LogP contribution in [0.15, 0.2) is 54.7 Å². The van der Waals surface area contributed by atoms with Crippen LogP contribution < -0.4 is 5.32 Å². The number of nitro benzene ring substituents is 1. The fourth-order valence-corrected chi connectivity index (χ4v) is 2.68. The van der Waals surface area contributed by atoms with E-state index in [1.807, 2.05) is 0 Å². The lowest BCUT2D eigenvalue weighted by Gasteiger charge is -2.12. The first kappa shape index (κ1) is 20.0. The molecule has 0 radical (unpaired) electrons. The third-order valence-corrected chi connectivity index (χ3v) is 4.34. The maximum atomic E-state index is 12.5. The zero-order chi connectivity index (χ0) is 21.1. The lowest BCUT2D eigenvalue weighted by Crippen LogP contribution is -2.22. The Morgan fingerprint density at radius 3 is 2.45 bits per heavy atom. The SMILES string of the molecule is CN(C)C(=O)c1ccc(Cl)c(NC(=O)c2ccn(-c3ccc([N+](=O)[O-])cc3)n2)c1. The minimum absolute atomic E-state index is 0.0410. The number of amides is 2. The number of carbonyl (C=O) groups is 2. The van der Waals surface area contributed by atoms with E-state index < -0.39 is 10.8 Å². The van der Waals surface area contributed by atoms with Crippen molar-refractivity contribution in [3.05, 3.63) is 81.1 Å². The molecule has 9 nitrogen and oxygen atoms in total. The van der Waals surface area contributed by atoms with Gasteiger partial charge in [-0.2, -0.15) is 5.10 Å². The van der Waals surface area contributed by atoms with Gasteiger partial charge in [0.1, 0.15) is 0 Å². The molecule has 3 aromatic rings. The molecule has 0 unspecified atom stereocenters. The lowest BCUT2D eigenvalue weighted by molar-refractivity contribution is -0.384. The third kappa shape index (κ3) is 4.41. The summed E-state index contributed by atoms with van der Waals surface area (Å²) in [6.45, 7) is 0. The summed E-state index contributed by atoms with van der Waals surface area (Å²) in [5, 5.41) is 17.8. The highest BCUT2D eigenvalue weighted by atomic mass is 35.5. The van der Waals surface area contributed by atoms with Crippen LogP contribution in [-0.4, -0.2) is 45.5 Å². The number of benzene rings is 2. The van der Waals surface area contributed by atoms with Gasteiger partial charge in [0.25, 0.3) is 17.5 Å². The van der Waals surface area contributed by atoms with Crippen LogP contribution in [0.1, 0.15) is 20.8 Å². The van der Waals surface area contributed by atoms with E-state index >= 15 is 0 Å². The van der Waals surface area contributed by atoms with Crippen molar-refractivity contribution in [3.63, 3.8) is 0 Å². The maximum absolute atomic E-state index is 12.5. The van der Waals surface area contributed by atoms with Crippen molar-refractivity contribution in [3.8, 4) is 5.69 Å². The minimum Gasteiger partial charge on any atom is -0.345 e. The Balaban J connectivity index is 1.79. The number of hydrogen-bond acceptors (Lipinski definition) is 5. The highest BCUT2D eigenvalue weighted by Crippen LogP contribution is 2.24. The fourth-order valence-electron chi connectivity index (χ4n) is 2.51. The van der Waals surface area contributed by atoms with Crippen molar-refractivity contribution in [2.75, 3.05) is 19.4 Å². The topological polar surface area (TPSA) is 110 Å². The summed E-state index contributed by atoms with van der Waals surface area (Å²) in [7, 11) is 3.25. The predicted octanol–water partition coefficient (Wildman–Crippen LogP) is 3.39. The van der Waals surface area contributed by atoms with E-state index in [1.165, 1.54) is 52.0 Å². The van der Waals surface area contributed by atoms with Crippen LogP contribution in [0.4, 0.5) is 11.4 Å². The number of carbonyl (C=O) groups excluding carboxylic acids is 2. The molecule has 0 saturated heterocycles. The maximum Gasteiger partial charge on any atom is 0.276 e. The predicted molar refractivity (Wildman–Crippen MR) is 108 cm³/mol. The lowest BCUT2D eigenvalue weighted by atomic mass is 10.1. The van der Waals surface area contributed by atoms with E-state index in [1.54, 1.807) is 26.4 Å². The fraction of sp³-hybridized carbons (Fsp3) is 0.105. The number of halogens is 1. The normalized spacial score (nSPS) is 10.4. The highest BCUT2D eigenvalue weighted by molar-refractivity contribution is 6.34. The number of aromatic nitrogens is 2. The summed E-state index contributed by atoms with van der Waals surface area (Å²) < 4.78 is 1.42. The van der Waals surface area contributed by atoms with E-state index in [0.717, 1.165) is 0 Å². The van der Waals surface area contributed by atoms with Gasteiger partial charge in [-0.1, -0.05) is 11.6 Å². The van der Waals surface area contributed by atoms with Gasteiger partial charge in [0.2, 0.25) is 0 Å². The van der Waals surface area contributed by atoms with Gasteiger partial charge in [0, 0.05) is 38.0 Å². The molecule has 3 rings (SSSR count). The van der Waals surface area contributed by atoms with Gasteiger partial charge in [0.05, 0.1) is 21.3 Å². The summed E-state index contributed by atoms with van der Waals surface area (Å²) in [5.74, 6) is -0.735. The van der Waals surface area contributed by atoms with Gasteiger partial charge in [-0.3, -0.25) is 19.7 Å². The van der Waals surface area contributed by atoms with E-state index in [-0.39, 0.29) is 28.0 Å². The largest absolute Gasteiger partial charge is 0.345 e. The molecule has 0 aliphatic heterocycles. The first-order chi connectivity index (χ1) is 13.8. The first-order valence-corrected chi connectivity index (χ1v) is 8.77. The van der Waals surface area contributed by atoms with Gasteiger partial charge in [-0.05, 0) is 36.4 Å². The van der Waals surface area contributed by atoms with Crippen LogP contribution in [0.3, 0.4) is 0 Å². The van der Waals surface area contributed by atoms with Crippen molar-refractivity contribution in [1.29, 1.82) is 0 Å². The standard InChI is InChI=1S/C19H16ClN5O4/c1-23(2)19(27)12-3-8-15(20)17(11-12)21-18(26)16-9-10-24(22-16)13-4-6-14(7-5-13)25(28)29/h3-11H,1-2H3,(H,21,26). The molecular formula is C19H16ClN5O4. The average Bonchev–Trinajstić information content (AvgIpc) is 3.19. The molecule has 1 heterocycles.